The van der Waals surface area contributed by atoms with Crippen molar-refractivity contribution >= 4 is 34.1 Å². The monoisotopic (exact) mass is 398 g/mol. The van der Waals surface area contributed by atoms with Gasteiger partial charge >= 0.3 is 0 Å². The summed E-state index contributed by atoms with van der Waals surface area (Å²) in [4.78, 5) is 13.3. The zero-order chi connectivity index (χ0) is 20.9. The number of fused-ring (bicyclic) bond motifs is 1. The van der Waals surface area contributed by atoms with Gasteiger partial charge in [0.15, 0.2) is 0 Å². The predicted molar refractivity (Wildman–Crippen MR) is 124 cm³/mol. The van der Waals surface area contributed by atoms with Gasteiger partial charge in [0.25, 0.3) is 0 Å². The summed E-state index contributed by atoms with van der Waals surface area (Å²) in [6, 6.07) is 14.4. The number of pyridine rings is 1. The van der Waals surface area contributed by atoms with Crippen LogP contribution in [0.2, 0.25) is 0 Å². The van der Waals surface area contributed by atoms with Crippen LogP contribution in [-0.2, 0) is 0 Å². The lowest BCUT2D eigenvalue weighted by Gasteiger charge is -2.16. The highest BCUT2D eigenvalue weighted by molar-refractivity contribution is 5.78. The zero-order valence-electron chi connectivity index (χ0n) is 17.3. The second-order valence-corrected chi connectivity index (χ2v) is 7.21. The quantitative estimate of drug-likeness (QED) is 0.380. The van der Waals surface area contributed by atoms with E-state index in [0.29, 0.717) is 12.0 Å². The minimum absolute atomic E-state index is 0.442. The van der Waals surface area contributed by atoms with Crippen LogP contribution >= 0.6 is 0 Å². The zero-order valence-corrected chi connectivity index (χ0v) is 17.3. The Hall–Kier alpha value is -3.67. The van der Waals surface area contributed by atoms with E-state index in [-0.39, 0.29) is 0 Å². The van der Waals surface area contributed by atoms with E-state index in [0.717, 1.165) is 46.5 Å². The molecule has 4 aromatic rings. The summed E-state index contributed by atoms with van der Waals surface area (Å²) in [5.74, 6) is 0.582. The number of nitrogens with one attached hydrogen (secondary N) is 2. The van der Waals surface area contributed by atoms with Gasteiger partial charge in [-0.3, -0.25) is 4.98 Å². The number of rotatable bonds is 8. The van der Waals surface area contributed by atoms with Crippen molar-refractivity contribution in [1.29, 1.82) is 0 Å². The first kappa shape index (κ1) is 19.6. The molecule has 6 nitrogen and oxygen atoms in total. The third kappa shape index (κ3) is 4.17. The Kier molecular flexibility index (Phi) is 5.75. The molecule has 1 aromatic carbocycles. The minimum Gasteiger partial charge on any atom is -0.355 e. The van der Waals surface area contributed by atoms with Gasteiger partial charge in [-0.2, -0.15) is 4.98 Å². The first-order valence-electron chi connectivity index (χ1n) is 10.2. The molecule has 3 aromatic heterocycles. The van der Waals surface area contributed by atoms with Crippen LogP contribution in [0.4, 0.5) is 17.3 Å². The van der Waals surface area contributed by atoms with Crippen molar-refractivity contribution in [1.82, 2.24) is 19.5 Å². The maximum Gasteiger partial charge on any atom is 0.229 e. The summed E-state index contributed by atoms with van der Waals surface area (Å²) < 4.78 is 2.25. The Balaban J connectivity index is 1.54. The molecule has 0 amide bonds. The molecule has 0 unspecified atom stereocenters. The first-order valence-corrected chi connectivity index (χ1v) is 10.2. The summed E-state index contributed by atoms with van der Waals surface area (Å²) in [5.41, 5.74) is 4.61. The van der Waals surface area contributed by atoms with E-state index < -0.39 is 0 Å². The Morgan fingerprint density at radius 2 is 1.83 bits per heavy atom. The van der Waals surface area contributed by atoms with Gasteiger partial charge in [-0.1, -0.05) is 26.5 Å². The Bertz CT molecular complexity index is 1140. The molecule has 2 N–H and O–H groups in total. The van der Waals surface area contributed by atoms with Crippen molar-refractivity contribution in [2.45, 2.75) is 32.7 Å². The van der Waals surface area contributed by atoms with Gasteiger partial charge in [-0.05, 0) is 49.2 Å². The molecule has 6 heteroatoms. The molecule has 0 fully saturated rings. The smallest absolute Gasteiger partial charge is 0.229 e. The maximum atomic E-state index is 4.78. The van der Waals surface area contributed by atoms with Crippen LogP contribution in [0.5, 0.6) is 0 Å². The van der Waals surface area contributed by atoms with Crippen LogP contribution < -0.4 is 10.6 Å². The lowest BCUT2D eigenvalue weighted by molar-refractivity contribution is 0.483. The molecule has 152 valence electrons. The molecule has 30 heavy (non-hydrogen) atoms. The summed E-state index contributed by atoms with van der Waals surface area (Å²) >= 11 is 0. The third-order valence-electron chi connectivity index (χ3n) is 5.23. The van der Waals surface area contributed by atoms with Crippen molar-refractivity contribution < 1.29 is 0 Å². The molecule has 0 radical (unpaired) electrons. The molecule has 0 atom stereocenters. The van der Waals surface area contributed by atoms with Crippen molar-refractivity contribution in [2.75, 3.05) is 10.6 Å². The lowest BCUT2D eigenvalue weighted by Crippen LogP contribution is -2.07. The standard InChI is InChI=1S/C24H26N6/c1-4-22(5-2)30-14-11-19-16-26-24(29-23(19)30)28-21-8-6-7-20(15-21)27-17(3)18-9-12-25-13-10-18/h6-16,22,27H,3-5H2,1-2H3,(H,26,28,29). The fourth-order valence-corrected chi connectivity index (χ4v) is 3.58. The largest absolute Gasteiger partial charge is 0.355 e. The van der Waals surface area contributed by atoms with Gasteiger partial charge in [0.2, 0.25) is 5.95 Å². The van der Waals surface area contributed by atoms with Crippen LogP contribution in [0.3, 0.4) is 0 Å². The maximum absolute atomic E-state index is 4.78. The third-order valence-corrected chi connectivity index (χ3v) is 5.23. The molecule has 0 bridgehead atoms. The first-order chi connectivity index (χ1) is 14.7. The summed E-state index contributed by atoms with van der Waals surface area (Å²) in [6.07, 6.45) is 9.63. The summed E-state index contributed by atoms with van der Waals surface area (Å²) in [7, 11) is 0. The Morgan fingerprint density at radius 3 is 2.60 bits per heavy atom. The average molecular weight is 399 g/mol. The molecule has 0 aliphatic heterocycles. The highest BCUT2D eigenvalue weighted by Crippen LogP contribution is 2.25. The molecule has 0 spiro atoms. The molecule has 3 heterocycles. The van der Waals surface area contributed by atoms with Crippen molar-refractivity contribution in [3.05, 3.63) is 79.4 Å². The second-order valence-electron chi connectivity index (χ2n) is 7.21. The fraction of sp³-hybridized carbons (Fsp3) is 0.208. The molecule has 0 aliphatic rings. The number of hydrogen-bond donors (Lipinski definition) is 2. The average Bonchev–Trinajstić information content (AvgIpc) is 3.19. The van der Waals surface area contributed by atoms with E-state index in [1.165, 1.54) is 0 Å². The van der Waals surface area contributed by atoms with Crippen molar-refractivity contribution in [3.8, 4) is 0 Å². The van der Waals surface area contributed by atoms with E-state index in [9.17, 15) is 0 Å². The molecule has 4 rings (SSSR count). The number of hydrogen-bond acceptors (Lipinski definition) is 5. The van der Waals surface area contributed by atoms with Gasteiger partial charge in [0.1, 0.15) is 5.65 Å². The summed E-state index contributed by atoms with van der Waals surface area (Å²) in [6.45, 7) is 8.53. The molecule has 0 saturated carbocycles. The SMILES string of the molecule is C=C(Nc1cccc(Nc2ncc3ccn(C(CC)CC)c3n2)c1)c1ccncc1. The Labute approximate surface area is 176 Å². The van der Waals surface area contributed by atoms with E-state index in [2.05, 4.69) is 57.9 Å². The Morgan fingerprint density at radius 1 is 1.07 bits per heavy atom. The van der Waals surface area contributed by atoms with Crippen LogP contribution in [0, 0.1) is 0 Å². The van der Waals surface area contributed by atoms with Gasteiger partial charge in [0.05, 0.1) is 0 Å². The fourth-order valence-electron chi connectivity index (χ4n) is 3.58. The van der Waals surface area contributed by atoms with Crippen molar-refractivity contribution in [3.63, 3.8) is 0 Å². The molecular formula is C24H26N6. The molecular weight excluding hydrogens is 372 g/mol. The van der Waals surface area contributed by atoms with Crippen molar-refractivity contribution in [2.24, 2.45) is 0 Å². The summed E-state index contributed by atoms with van der Waals surface area (Å²) in [5, 5.41) is 7.72. The number of benzene rings is 1. The van der Waals surface area contributed by atoms with Crippen LogP contribution in [0.15, 0.2) is 73.8 Å². The van der Waals surface area contributed by atoms with Gasteiger partial charge in [-0.25, -0.2) is 4.98 Å². The van der Waals surface area contributed by atoms with E-state index in [1.807, 2.05) is 42.6 Å². The molecule has 0 saturated heterocycles. The van der Waals surface area contributed by atoms with Gasteiger partial charge in [0, 0.05) is 58.9 Å². The highest BCUT2D eigenvalue weighted by atomic mass is 15.2. The van der Waals surface area contributed by atoms with Crippen LogP contribution in [-0.4, -0.2) is 19.5 Å². The number of aromatic nitrogens is 4. The lowest BCUT2D eigenvalue weighted by atomic mass is 10.2. The number of anilines is 3. The van der Waals surface area contributed by atoms with Crippen LogP contribution in [0.25, 0.3) is 16.7 Å². The van der Waals surface area contributed by atoms with E-state index in [1.54, 1.807) is 12.4 Å². The predicted octanol–water partition coefficient (Wildman–Crippen LogP) is 6.01. The minimum atomic E-state index is 0.442. The second kappa shape index (κ2) is 8.78. The van der Waals surface area contributed by atoms with Crippen LogP contribution in [0.1, 0.15) is 38.3 Å². The topological polar surface area (TPSA) is 67.7 Å². The number of nitrogens with zero attached hydrogens (tertiary/aromatic N) is 4. The van der Waals surface area contributed by atoms with Gasteiger partial charge < -0.3 is 15.2 Å². The van der Waals surface area contributed by atoms with E-state index in [4.69, 9.17) is 4.98 Å². The van der Waals surface area contributed by atoms with E-state index >= 15 is 0 Å². The van der Waals surface area contributed by atoms with Gasteiger partial charge in [-0.15, -0.1) is 0 Å². The highest BCUT2D eigenvalue weighted by Gasteiger charge is 2.12. The normalized spacial score (nSPS) is 11.0. The molecule has 0 aliphatic carbocycles.